The monoisotopic (exact) mass is 443 g/mol. The summed E-state index contributed by atoms with van der Waals surface area (Å²) in [7, 11) is 3.11. The molecule has 0 N–H and O–H groups in total. The highest BCUT2D eigenvalue weighted by Crippen LogP contribution is 2.34. The zero-order valence-electron chi connectivity index (χ0n) is 18.5. The van der Waals surface area contributed by atoms with Crippen LogP contribution in [0.2, 0.25) is 0 Å². The fourth-order valence-corrected chi connectivity index (χ4v) is 4.10. The van der Waals surface area contributed by atoms with Crippen molar-refractivity contribution in [3.8, 4) is 11.5 Å². The lowest BCUT2D eigenvalue weighted by Gasteiger charge is -2.28. The van der Waals surface area contributed by atoms with E-state index in [-0.39, 0.29) is 12.5 Å². The lowest BCUT2D eigenvalue weighted by molar-refractivity contribution is -0.124. The molecule has 0 saturated carbocycles. The summed E-state index contributed by atoms with van der Waals surface area (Å²) in [6.45, 7) is 0.128. The highest BCUT2D eigenvalue weighted by atomic mass is 16.6. The number of hydrogen-bond donors (Lipinski definition) is 0. The van der Waals surface area contributed by atoms with Crippen molar-refractivity contribution >= 4 is 18.1 Å². The molecule has 1 aliphatic rings. The van der Waals surface area contributed by atoms with Crippen LogP contribution in [0.5, 0.6) is 11.5 Å². The van der Waals surface area contributed by atoms with Crippen molar-refractivity contribution in [2.75, 3.05) is 20.8 Å². The molecule has 6 nitrogen and oxygen atoms in total. The van der Waals surface area contributed by atoms with Crippen LogP contribution >= 0.6 is 0 Å². The number of carbonyl (C=O) groups excluding carboxylic acids is 2. The van der Waals surface area contributed by atoms with Crippen LogP contribution in [0.15, 0.2) is 84.9 Å². The van der Waals surface area contributed by atoms with E-state index in [1.165, 1.54) is 11.0 Å². The SMILES string of the molecule is COc1ccc(/C=C/C(=O)N2C(=O)OC[C@@H]2C(c2ccccc2)c2ccccc2)cc1OC. The van der Waals surface area contributed by atoms with Gasteiger partial charge in [0.15, 0.2) is 11.5 Å². The van der Waals surface area contributed by atoms with Gasteiger partial charge in [-0.3, -0.25) is 4.79 Å². The van der Waals surface area contributed by atoms with Crippen LogP contribution in [0, 0.1) is 0 Å². The molecule has 0 aromatic heterocycles. The van der Waals surface area contributed by atoms with E-state index in [9.17, 15) is 9.59 Å². The summed E-state index contributed by atoms with van der Waals surface area (Å²) in [5.74, 6) is 0.503. The zero-order chi connectivity index (χ0) is 23.2. The summed E-state index contributed by atoms with van der Waals surface area (Å²) < 4.78 is 15.9. The second kappa shape index (κ2) is 10.0. The molecule has 0 bridgehead atoms. The number of rotatable bonds is 7. The normalized spacial score (nSPS) is 15.7. The minimum atomic E-state index is -0.640. The molecule has 6 heteroatoms. The Bertz CT molecular complexity index is 1100. The average molecular weight is 443 g/mol. The largest absolute Gasteiger partial charge is 0.493 e. The fraction of sp³-hybridized carbons (Fsp3) is 0.185. The second-order valence-electron chi connectivity index (χ2n) is 7.60. The van der Waals surface area contributed by atoms with Gasteiger partial charge in [0.2, 0.25) is 0 Å². The highest BCUT2D eigenvalue weighted by molar-refractivity contribution is 6.02. The lowest BCUT2D eigenvalue weighted by Crippen LogP contribution is -2.41. The third-order valence-corrected chi connectivity index (χ3v) is 5.67. The van der Waals surface area contributed by atoms with Crippen molar-refractivity contribution in [3.63, 3.8) is 0 Å². The lowest BCUT2D eigenvalue weighted by atomic mass is 9.85. The molecular weight excluding hydrogens is 418 g/mol. The Morgan fingerprint density at radius 2 is 1.55 bits per heavy atom. The van der Waals surface area contributed by atoms with Crippen molar-refractivity contribution in [2.24, 2.45) is 0 Å². The zero-order valence-corrected chi connectivity index (χ0v) is 18.5. The van der Waals surface area contributed by atoms with Gasteiger partial charge in [0.25, 0.3) is 5.91 Å². The van der Waals surface area contributed by atoms with E-state index < -0.39 is 18.0 Å². The van der Waals surface area contributed by atoms with Gasteiger partial charge >= 0.3 is 6.09 Å². The first kappa shape index (κ1) is 22.1. The van der Waals surface area contributed by atoms with E-state index >= 15 is 0 Å². The number of benzene rings is 3. The number of carbonyl (C=O) groups is 2. The number of methoxy groups -OCH3 is 2. The molecule has 0 aliphatic carbocycles. The number of cyclic esters (lactones) is 1. The Hall–Kier alpha value is -4.06. The summed E-state index contributed by atoms with van der Waals surface area (Å²) in [6.07, 6.45) is 2.39. The fourth-order valence-electron chi connectivity index (χ4n) is 4.10. The van der Waals surface area contributed by atoms with E-state index in [1.54, 1.807) is 32.4 Å². The van der Waals surface area contributed by atoms with Gasteiger partial charge in [-0.25, -0.2) is 9.69 Å². The van der Waals surface area contributed by atoms with Crippen LogP contribution < -0.4 is 9.47 Å². The van der Waals surface area contributed by atoms with E-state index in [2.05, 4.69) is 0 Å². The van der Waals surface area contributed by atoms with Crippen LogP contribution in [0.4, 0.5) is 4.79 Å². The molecule has 1 fully saturated rings. The molecule has 1 heterocycles. The Kier molecular flexibility index (Phi) is 6.74. The summed E-state index contributed by atoms with van der Waals surface area (Å²) >= 11 is 0. The highest BCUT2D eigenvalue weighted by Gasteiger charge is 2.42. The first-order valence-corrected chi connectivity index (χ1v) is 10.6. The molecule has 2 amide bonds. The second-order valence-corrected chi connectivity index (χ2v) is 7.60. The number of ether oxygens (including phenoxy) is 3. The summed E-state index contributed by atoms with van der Waals surface area (Å²) in [5, 5.41) is 0. The number of nitrogens with zero attached hydrogens (tertiary/aromatic N) is 1. The number of hydrogen-bond acceptors (Lipinski definition) is 5. The molecule has 3 aromatic carbocycles. The first-order valence-electron chi connectivity index (χ1n) is 10.6. The summed E-state index contributed by atoms with van der Waals surface area (Å²) in [4.78, 5) is 27.0. The Morgan fingerprint density at radius 3 is 2.12 bits per heavy atom. The van der Waals surface area contributed by atoms with Gasteiger partial charge in [0.1, 0.15) is 6.61 Å². The molecule has 168 valence electrons. The molecular formula is C27H25NO5. The molecule has 0 spiro atoms. The van der Waals surface area contributed by atoms with Crippen molar-refractivity contribution < 1.29 is 23.8 Å². The maximum absolute atomic E-state index is 13.2. The maximum Gasteiger partial charge on any atom is 0.417 e. The Labute approximate surface area is 193 Å². The molecule has 33 heavy (non-hydrogen) atoms. The van der Waals surface area contributed by atoms with Gasteiger partial charge in [-0.2, -0.15) is 0 Å². The minimum Gasteiger partial charge on any atom is -0.493 e. The Morgan fingerprint density at radius 1 is 0.939 bits per heavy atom. The van der Waals surface area contributed by atoms with Crippen molar-refractivity contribution in [2.45, 2.75) is 12.0 Å². The molecule has 0 radical (unpaired) electrons. The average Bonchev–Trinajstić information content (AvgIpc) is 3.24. The van der Waals surface area contributed by atoms with Gasteiger partial charge in [-0.15, -0.1) is 0 Å². The molecule has 3 aromatic rings. The molecule has 4 rings (SSSR count). The van der Waals surface area contributed by atoms with E-state index in [1.807, 2.05) is 66.7 Å². The number of imide groups is 1. The van der Waals surface area contributed by atoms with E-state index in [0.717, 1.165) is 16.7 Å². The maximum atomic E-state index is 13.2. The molecule has 1 saturated heterocycles. The quantitative estimate of drug-likeness (QED) is 0.486. The van der Waals surface area contributed by atoms with Crippen LogP contribution in [0.25, 0.3) is 6.08 Å². The van der Waals surface area contributed by atoms with Gasteiger partial charge < -0.3 is 14.2 Å². The van der Waals surface area contributed by atoms with E-state index in [0.29, 0.717) is 11.5 Å². The van der Waals surface area contributed by atoms with Gasteiger partial charge in [-0.05, 0) is 34.9 Å². The van der Waals surface area contributed by atoms with Crippen LogP contribution in [-0.4, -0.2) is 43.8 Å². The first-order chi connectivity index (χ1) is 16.1. The molecule has 1 atom stereocenters. The summed E-state index contributed by atoms with van der Waals surface area (Å²) in [5.41, 5.74) is 2.76. The molecule has 1 aliphatic heterocycles. The third kappa shape index (κ3) is 4.75. The Balaban J connectivity index is 1.64. The standard InChI is InChI=1S/C27H25NO5/c1-31-23-15-13-19(17-24(23)32-2)14-16-25(29)28-22(18-33-27(28)30)26(20-9-5-3-6-10-20)21-11-7-4-8-12-21/h3-17,22,26H,18H2,1-2H3/b16-14+/t22-/m1/s1. The predicted octanol–water partition coefficient (Wildman–Crippen LogP) is 4.90. The van der Waals surface area contributed by atoms with Crippen LogP contribution in [0.1, 0.15) is 22.6 Å². The van der Waals surface area contributed by atoms with Crippen molar-refractivity contribution in [3.05, 3.63) is 102 Å². The predicted molar refractivity (Wildman–Crippen MR) is 125 cm³/mol. The van der Waals surface area contributed by atoms with Gasteiger partial charge in [-0.1, -0.05) is 66.7 Å². The van der Waals surface area contributed by atoms with Crippen LogP contribution in [-0.2, 0) is 9.53 Å². The van der Waals surface area contributed by atoms with Crippen LogP contribution in [0.3, 0.4) is 0 Å². The topological polar surface area (TPSA) is 65.1 Å². The molecule has 0 unspecified atom stereocenters. The van der Waals surface area contributed by atoms with Crippen molar-refractivity contribution in [1.29, 1.82) is 0 Å². The van der Waals surface area contributed by atoms with Gasteiger partial charge in [0.05, 0.1) is 20.3 Å². The third-order valence-electron chi connectivity index (χ3n) is 5.67. The van der Waals surface area contributed by atoms with E-state index in [4.69, 9.17) is 14.2 Å². The van der Waals surface area contributed by atoms with Crippen molar-refractivity contribution in [1.82, 2.24) is 4.90 Å². The smallest absolute Gasteiger partial charge is 0.417 e. The minimum absolute atomic E-state index is 0.128. The van der Waals surface area contributed by atoms with Gasteiger partial charge in [0, 0.05) is 12.0 Å². The summed E-state index contributed by atoms with van der Waals surface area (Å²) in [6, 6.07) is 24.6. The number of amides is 2.